The van der Waals surface area contributed by atoms with Crippen LogP contribution in [0, 0.1) is 13.8 Å². The number of aryl methyl sites for hydroxylation is 2. The van der Waals surface area contributed by atoms with Crippen LogP contribution >= 0.6 is 0 Å². The molecule has 2 aromatic carbocycles. The Balaban J connectivity index is 2.08. The lowest BCUT2D eigenvalue weighted by Crippen LogP contribution is -2.31. The van der Waals surface area contributed by atoms with Crippen molar-refractivity contribution >= 4 is 11.7 Å². The summed E-state index contributed by atoms with van der Waals surface area (Å²) in [5, 5.41) is 10.6. The van der Waals surface area contributed by atoms with Crippen LogP contribution in [0.5, 0.6) is 0 Å². The minimum absolute atomic E-state index is 0.00242. The van der Waals surface area contributed by atoms with Gasteiger partial charge >= 0.3 is 0 Å². The van der Waals surface area contributed by atoms with Gasteiger partial charge in [-0.05, 0) is 41.5 Å². The van der Waals surface area contributed by atoms with Gasteiger partial charge in [0.2, 0.25) is 0 Å². The second-order valence-electron chi connectivity index (χ2n) is 9.18. The summed E-state index contributed by atoms with van der Waals surface area (Å²) in [4.78, 5) is 27.3. The summed E-state index contributed by atoms with van der Waals surface area (Å²) in [5.74, 6) is -1.11. The topological polar surface area (TPSA) is 57.6 Å². The molecule has 0 spiro atoms. The maximum atomic E-state index is 13.0. The van der Waals surface area contributed by atoms with E-state index < -0.39 is 17.7 Å². The van der Waals surface area contributed by atoms with E-state index in [9.17, 15) is 14.7 Å². The monoisotopic (exact) mass is 405 g/mol. The summed E-state index contributed by atoms with van der Waals surface area (Å²) in [6, 6.07) is 13.6. The molecule has 30 heavy (non-hydrogen) atoms. The predicted octanol–water partition coefficient (Wildman–Crippen LogP) is 5.48. The summed E-state index contributed by atoms with van der Waals surface area (Å²) >= 11 is 0. The average Bonchev–Trinajstić information content (AvgIpc) is 2.94. The number of amides is 1. The van der Waals surface area contributed by atoms with Gasteiger partial charge in [0, 0.05) is 13.0 Å². The smallest absolute Gasteiger partial charge is 0.290 e. The van der Waals surface area contributed by atoms with Gasteiger partial charge in [0.15, 0.2) is 11.5 Å². The Hall–Kier alpha value is -2.88. The molecule has 0 saturated heterocycles. The van der Waals surface area contributed by atoms with Crippen molar-refractivity contribution in [2.45, 2.75) is 66.0 Å². The molecule has 2 aromatic rings. The maximum absolute atomic E-state index is 13.0. The molecule has 0 saturated carbocycles. The maximum Gasteiger partial charge on any atom is 0.290 e. The highest BCUT2D eigenvalue weighted by Crippen LogP contribution is 2.40. The SMILES string of the molecule is CCC(=O)C1=C(O)C(=O)N(Cc2cc(C)ccc2C)C1c1ccc(C(C)(C)C)cc1. The molecule has 1 heterocycles. The summed E-state index contributed by atoms with van der Waals surface area (Å²) in [7, 11) is 0. The van der Waals surface area contributed by atoms with Gasteiger partial charge in [-0.15, -0.1) is 0 Å². The molecule has 1 aliphatic heterocycles. The zero-order valence-corrected chi connectivity index (χ0v) is 18.7. The molecule has 3 rings (SSSR count). The van der Waals surface area contributed by atoms with Gasteiger partial charge in [-0.25, -0.2) is 0 Å². The van der Waals surface area contributed by atoms with Crippen molar-refractivity contribution < 1.29 is 14.7 Å². The number of carbonyl (C=O) groups excluding carboxylic acids is 2. The molecule has 1 aliphatic rings. The van der Waals surface area contributed by atoms with Gasteiger partial charge in [-0.3, -0.25) is 9.59 Å². The van der Waals surface area contributed by atoms with Gasteiger partial charge in [0.25, 0.3) is 5.91 Å². The van der Waals surface area contributed by atoms with E-state index in [4.69, 9.17) is 0 Å². The summed E-state index contributed by atoms with van der Waals surface area (Å²) in [6.07, 6.45) is 0.237. The largest absolute Gasteiger partial charge is 0.503 e. The Kier molecular flexibility index (Phi) is 5.89. The molecule has 1 N–H and O–H groups in total. The van der Waals surface area contributed by atoms with E-state index in [1.807, 2.05) is 50.2 Å². The first-order valence-corrected chi connectivity index (χ1v) is 10.5. The lowest BCUT2D eigenvalue weighted by atomic mass is 9.85. The molecule has 0 aromatic heterocycles. The van der Waals surface area contributed by atoms with Gasteiger partial charge < -0.3 is 10.0 Å². The first-order valence-electron chi connectivity index (χ1n) is 10.5. The van der Waals surface area contributed by atoms with Gasteiger partial charge in [-0.2, -0.15) is 0 Å². The first kappa shape index (κ1) is 21.8. The zero-order chi connectivity index (χ0) is 22.2. The Morgan fingerprint density at radius 1 is 1.07 bits per heavy atom. The van der Waals surface area contributed by atoms with E-state index in [2.05, 4.69) is 26.8 Å². The second-order valence-corrected chi connectivity index (χ2v) is 9.18. The molecular formula is C26H31NO3. The number of hydrogen-bond acceptors (Lipinski definition) is 3. The molecule has 0 radical (unpaired) electrons. The second kappa shape index (κ2) is 8.10. The van der Waals surface area contributed by atoms with E-state index in [0.29, 0.717) is 6.54 Å². The van der Waals surface area contributed by atoms with Crippen LogP contribution in [0.3, 0.4) is 0 Å². The third kappa shape index (κ3) is 4.04. The standard InChI is InChI=1S/C26H31NO3/c1-7-21(28)22-23(18-10-12-20(13-11-18)26(4,5)6)27(25(30)24(22)29)15-19-14-16(2)8-9-17(19)3/h8-14,23,29H,7,15H2,1-6H3. The normalized spacial score (nSPS) is 17.1. The fourth-order valence-electron chi connectivity index (χ4n) is 3.96. The Bertz CT molecular complexity index is 1010. The molecule has 0 bridgehead atoms. The number of aliphatic hydroxyl groups excluding tert-OH is 1. The summed E-state index contributed by atoms with van der Waals surface area (Å²) in [6.45, 7) is 12.5. The zero-order valence-electron chi connectivity index (χ0n) is 18.7. The third-order valence-corrected chi connectivity index (χ3v) is 5.86. The predicted molar refractivity (Wildman–Crippen MR) is 119 cm³/mol. The van der Waals surface area contributed by atoms with Crippen molar-refractivity contribution in [2.75, 3.05) is 0 Å². The summed E-state index contributed by atoms with van der Waals surface area (Å²) < 4.78 is 0. The van der Waals surface area contributed by atoms with Crippen molar-refractivity contribution in [3.05, 3.63) is 81.6 Å². The molecule has 158 valence electrons. The Morgan fingerprint density at radius 2 is 1.70 bits per heavy atom. The highest BCUT2D eigenvalue weighted by Gasteiger charge is 2.43. The van der Waals surface area contributed by atoms with Crippen LogP contribution in [-0.2, 0) is 21.5 Å². The lowest BCUT2D eigenvalue weighted by Gasteiger charge is -2.28. The van der Waals surface area contributed by atoms with Crippen molar-refractivity contribution in [1.29, 1.82) is 0 Å². The van der Waals surface area contributed by atoms with Crippen molar-refractivity contribution in [3.63, 3.8) is 0 Å². The molecule has 0 fully saturated rings. The number of aliphatic hydroxyl groups is 1. The van der Waals surface area contributed by atoms with E-state index >= 15 is 0 Å². The van der Waals surface area contributed by atoms with Gasteiger partial charge in [-0.1, -0.05) is 75.7 Å². The molecular weight excluding hydrogens is 374 g/mol. The third-order valence-electron chi connectivity index (χ3n) is 5.86. The number of rotatable bonds is 5. The van der Waals surface area contributed by atoms with E-state index in [1.54, 1.807) is 11.8 Å². The number of benzene rings is 2. The lowest BCUT2D eigenvalue weighted by molar-refractivity contribution is -0.130. The van der Waals surface area contributed by atoms with Crippen LogP contribution in [0.15, 0.2) is 53.8 Å². The first-order chi connectivity index (χ1) is 14.0. The highest BCUT2D eigenvalue weighted by atomic mass is 16.3. The van der Waals surface area contributed by atoms with Crippen molar-refractivity contribution in [2.24, 2.45) is 0 Å². The van der Waals surface area contributed by atoms with Gasteiger partial charge in [0.05, 0.1) is 11.6 Å². The average molecular weight is 406 g/mol. The molecule has 0 aliphatic carbocycles. The van der Waals surface area contributed by atoms with Crippen molar-refractivity contribution in [1.82, 2.24) is 4.90 Å². The fraction of sp³-hybridized carbons (Fsp3) is 0.385. The Labute approximate surface area is 179 Å². The highest BCUT2D eigenvalue weighted by molar-refractivity contribution is 6.08. The minimum Gasteiger partial charge on any atom is -0.503 e. The Morgan fingerprint density at radius 3 is 2.27 bits per heavy atom. The van der Waals surface area contributed by atoms with E-state index in [-0.39, 0.29) is 23.2 Å². The molecule has 4 nitrogen and oxygen atoms in total. The summed E-state index contributed by atoms with van der Waals surface area (Å²) in [5.41, 5.74) is 5.41. The van der Waals surface area contributed by atoms with E-state index in [1.165, 1.54) is 5.56 Å². The number of hydrogen-bond donors (Lipinski definition) is 1. The van der Waals surface area contributed by atoms with Gasteiger partial charge in [0.1, 0.15) is 0 Å². The van der Waals surface area contributed by atoms with Crippen LogP contribution in [-0.4, -0.2) is 21.7 Å². The fourth-order valence-corrected chi connectivity index (χ4v) is 3.96. The number of ketones is 1. The molecule has 4 heteroatoms. The molecule has 1 unspecified atom stereocenters. The van der Waals surface area contributed by atoms with Crippen LogP contribution in [0.25, 0.3) is 0 Å². The number of carbonyl (C=O) groups is 2. The molecule has 1 atom stereocenters. The van der Waals surface area contributed by atoms with E-state index in [0.717, 1.165) is 22.3 Å². The quantitative estimate of drug-likeness (QED) is 0.717. The number of Topliss-reactive ketones (excluding diaryl/α,β-unsaturated/α-hetero) is 1. The minimum atomic E-state index is -0.584. The van der Waals surface area contributed by atoms with Crippen LogP contribution in [0.2, 0.25) is 0 Å². The van der Waals surface area contributed by atoms with Crippen LogP contribution in [0.1, 0.15) is 68.0 Å². The van der Waals surface area contributed by atoms with Crippen molar-refractivity contribution in [3.8, 4) is 0 Å². The van der Waals surface area contributed by atoms with Crippen LogP contribution < -0.4 is 0 Å². The molecule has 1 amide bonds. The number of nitrogens with zero attached hydrogens (tertiary/aromatic N) is 1. The van der Waals surface area contributed by atoms with Crippen LogP contribution in [0.4, 0.5) is 0 Å².